The molecule has 2 aromatic carbocycles. The highest BCUT2D eigenvalue weighted by Crippen LogP contribution is 2.49. The summed E-state index contributed by atoms with van der Waals surface area (Å²) in [6.45, 7) is 0.696. The van der Waals surface area contributed by atoms with Gasteiger partial charge in [-0.1, -0.05) is 40.3 Å². The smallest absolute Gasteiger partial charge is 0.124 e. The maximum atomic E-state index is 6.10. The fourth-order valence-electron chi connectivity index (χ4n) is 2.87. The number of nitrogens with zero attached hydrogens (tertiary/aromatic N) is 1. The Morgan fingerprint density at radius 3 is 2.77 bits per heavy atom. The Morgan fingerprint density at radius 2 is 2.00 bits per heavy atom. The number of anilines is 1. The topological polar surface area (TPSA) is 21.7 Å². The number of para-hydroxylation sites is 1. The lowest BCUT2D eigenvalue weighted by Gasteiger charge is -2.34. The summed E-state index contributed by atoms with van der Waals surface area (Å²) in [6.07, 6.45) is 2.11. The van der Waals surface area contributed by atoms with Crippen molar-refractivity contribution in [2.24, 2.45) is 0 Å². The molecule has 1 aliphatic heterocycles. The van der Waals surface area contributed by atoms with Crippen molar-refractivity contribution in [3.8, 4) is 11.5 Å². The largest absolute Gasteiger partial charge is 0.497 e. The second kappa shape index (κ2) is 9.11. The molecule has 3 nitrogen and oxygen atoms in total. The fourth-order valence-corrected chi connectivity index (χ4v) is 4.94. The standard InChI is InChI=1S/C20H22BrNO2S2/c1-22-16-7-3-4-8-18(16)26-19(20(22)25)15-13-14(23-2)9-10-17(15)24-12-6-5-11-21/h3-4,7-10,13,19H,5-6,11-12H2,1-2H3. The van der Waals surface area contributed by atoms with Crippen molar-refractivity contribution in [1.29, 1.82) is 0 Å². The Labute approximate surface area is 173 Å². The molecule has 6 heteroatoms. The monoisotopic (exact) mass is 451 g/mol. The van der Waals surface area contributed by atoms with Gasteiger partial charge in [-0.05, 0) is 43.2 Å². The lowest BCUT2D eigenvalue weighted by atomic mass is 10.1. The lowest BCUT2D eigenvalue weighted by Crippen LogP contribution is -2.32. The van der Waals surface area contributed by atoms with Crippen LogP contribution in [0.3, 0.4) is 0 Å². The van der Waals surface area contributed by atoms with E-state index in [1.54, 1.807) is 18.9 Å². The molecule has 0 radical (unpaired) electrons. The number of ether oxygens (including phenoxy) is 2. The van der Waals surface area contributed by atoms with Gasteiger partial charge in [0.1, 0.15) is 16.5 Å². The van der Waals surface area contributed by atoms with Gasteiger partial charge in [0.2, 0.25) is 0 Å². The molecular weight excluding hydrogens is 430 g/mol. The number of methoxy groups -OCH3 is 1. The van der Waals surface area contributed by atoms with Gasteiger partial charge in [0.05, 0.1) is 24.7 Å². The minimum atomic E-state index is 0.0196. The molecule has 1 heterocycles. The van der Waals surface area contributed by atoms with Crippen molar-refractivity contribution in [2.75, 3.05) is 31.0 Å². The van der Waals surface area contributed by atoms with E-state index in [1.807, 2.05) is 31.3 Å². The summed E-state index contributed by atoms with van der Waals surface area (Å²) in [6, 6.07) is 14.3. The van der Waals surface area contributed by atoms with Crippen LogP contribution in [0.4, 0.5) is 5.69 Å². The van der Waals surface area contributed by atoms with E-state index in [0.717, 1.165) is 45.9 Å². The van der Waals surface area contributed by atoms with Gasteiger partial charge < -0.3 is 14.4 Å². The first-order chi connectivity index (χ1) is 12.7. The number of unbranched alkanes of at least 4 members (excludes halogenated alkanes) is 1. The number of halogens is 1. The van der Waals surface area contributed by atoms with Gasteiger partial charge >= 0.3 is 0 Å². The SMILES string of the molecule is COc1ccc(OCCCCBr)c(C2Sc3ccccc3N(C)C2=S)c1. The van der Waals surface area contributed by atoms with Crippen LogP contribution in [-0.4, -0.2) is 31.1 Å². The van der Waals surface area contributed by atoms with Crippen LogP contribution in [-0.2, 0) is 0 Å². The predicted molar refractivity (Wildman–Crippen MR) is 118 cm³/mol. The van der Waals surface area contributed by atoms with Crippen LogP contribution < -0.4 is 14.4 Å². The van der Waals surface area contributed by atoms with E-state index in [-0.39, 0.29) is 5.25 Å². The number of fused-ring (bicyclic) bond motifs is 1. The van der Waals surface area contributed by atoms with E-state index in [4.69, 9.17) is 21.7 Å². The zero-order valence-corrected chi connectivity index (χ0v) is 18.1. The third-order valence-electron chi connectivity index (χ3n) is 4.31. The third-order valence-corrected chi connectivity index (χ3v) is 6.84. The minimum Gasteiger partial charge on any atom is -0.497 e. The maximum Gasteiger partial charge on any atom is 0.124 e. The molecule has 3 rings (SSSR count). The van der Waals surface area contributed by atoms with Gasteiger partial charge in [0, 0.05) is 22.8 Å². The molecule has 0 amide bonds. The Hall–Kier alpha value is -1.24. The van der Waals surface area contributed by atoms with Crippen molar-refractivity contribution in [3.63, 3.8) is 0 Å². The second-order valence-corrected chi connectivity index (χ2v) is 8.37. The third kappa shape index (κ3) is 4.18. The van der Waals surface area contributed by atoms with E-state index >= 15 is 0 Å². The quantitative estimate of drug-likeness (QED) is 0.297. The normalized spacial score (nSPS) is 16.3. The molecule has 0 spiro atoms. The molecule has 0 saturated carbocycles. The molecule has 0 bridgehead atoms. The second-order valence-electron chi connectivity index (χ2n) is 6.01. The molecule has 1 unspecified atom stereocenters. The fraction of sp³-hybridized carbons (Fsp3) is 0.350. The summed E-state index contributed by atoms with van der Waals surface area (Å²) < 4.78 is 11.5. The van der Waals surface area contributed by atoms with Gasteiger partial charge in [0.25, 0.3) is 0 Å². The molecule has 2 aromatic rings. The number of thiocarbonyl (C=S) groups is 1. The molecule has 1 atom stereocenters. The number of benzene rings is 2. The lowest BCUT2D eigenvalue weighted by molar-refractivity contribution is 0.306. The Kier molecular flexibility index (Phi) is 6.84. The first-order valence-corrected chi connectivity index (χ1v) is 11.0. The van der Waals surface area contributed by atoms with E-state index < -0.39 is 0 Å². The van der Waals surface area contributed by atoms with Crippen molar-refractivity contribution in [2.45, 2.75) is 23.0 Å². The molecule has 0 fully saturated rings. The highest BCUT2D eigenvalue weighted by Gasteiger charge is 2.31. The number of likely N-dealkylation sites (N-methyl/N-ethyl adjacent to an activating group) is 1. The molecule has 0 N–H and O–H groups in total. The minimum absolute atomic E-state index is 0.0196. The van der Waals surface area contributed by atoms with E-state index in [2.05, 4.69) is 39.0 Å². The number of thioether (sulfide) groups is 1. The van der Waals surface area contributed by atoms with Crippen molar-refractivity contribution in [1.82, 2.24) is 0 Å². The van der Waals surface area contributed by atoms with Crippen LogP contribution in [0, 0.1) is 0 Å². The summed E-state index contributed by atoms with van der Waals surface area (Å²) in [5.74, 6) is 1.70. The van der Waals surface area contributed by atoms with Crippen LogP contribution in [0.1, 0.15) is 23.7 Å². The first-order valence-electron chi connectivity index (χ1n) is 8.55. The Balaban J connectivity index is 1.92. The maximum absolute atomic E-state index is 6.10. The Morgan fingerprint density at radius 1 is 1.19 bits per heavy atom. The van der Waals surface area contributed by atoms with Crippen molar-refractivity contribution < 1.29 is 9.47 Å². The summed E-state index contributed by atoms with van der Waals surface area (Å²) >= 11 is 11.0. The molecule has 0 aliphatic carbocycles. The predicted octanol–water partition coefficient (Wildman–Crippen LogP) is 5.86. The van der Waals surface area contributed by atoms with E-state index in [1.165, 1.54) is 4.90 Å². The zero-order chi connectivity index (χ0) is 18.5. The molecule has 0 saturated heterocycles. The van der Waals surface area contributed by atoms with Crippen molar-refractivity contribution >= 4 is 50.6 Å². The highest BCUT2D eigenvalue weighted by atomic mass is 79.9. The first kappa shape index (κ1) is 19.5. The summed E-state index contributed by atoms with van der Waals surface area (Å²) in [5.41, 5.74) is 2.22. The molecular formula is C20H22BrNO2S2. The van der Waals surface area contributed by atoms with Crippen LogP contribution in [0.5, 0.6) is 11.5 Å². The Bertz CT molecular complexity index is 784. The average molecular weight is 452 g/mol. The van der Waals surface area contributed by atoms with E-state index in [9.17, 15) is 0 Å². The molecule has 0 aromatic heterocycles. The van der Waals surface area contributed by atoms with Crippen LogP contribution in [0.25, 0.3) is 0 Å². The number of hydrogen-bond acceptors (Lipinski definition) is 4. The summed E-state index contributed by atoms with van der Waals surface area (Å²) in [7, 11) is 3.72. The van der Waals surface area contributed by atoms with Gasteiger partial charge in [-0.15, -0.1) is 11.8 Å². The molecule has 26 heavy (non-hydrogen) atoms. The summed E-state index contributed by atoms with van der Waals surface area (Å²) in [4.78, 5) is 4.20. The van der Waals surface area contributed by atoms with Gasteiger partial charge in [-0.3, -0.25) is 0 Å². The van der Waals surface area contributed by atoms with Gasteiger partial charge in [-0.25, -0.2) is 0 Å². The van der Waals surface area contributed by atoms with Gasteiger partial charge in [0.15, 0.2) is 0 Å². The van der Waals surface area contributed by atoms with Crippen LogP contribution in [0.15, 0.2) is 47.4 Å². The summed E-state index contributed by atoms with van der Waals surface area (Å²) in [5, 5.41) is 1.02. The van der Waals surface area contributed by atoms with Gasteiger partial charge in [-0.2, -0.15) is 0 Å². The molecule has 1 aliphatic rings. The zero-order valence-electron chi connectivity index (χ0n) is 14.9. The number of rotatable bonds is 7. The highest BCUT2D eigenvalue weighted by molar-refractivity contribution is 9.09. The van der Waals surface area contributed by atoms with Crippen LogP contribution >= 0.6 is 39.9 Å². The molecule has 138 valence electrons. The van der Waals surface area contributed by atoms with Crippen LogP contribution in [0.2, 0.25) is 0 Å². The number of hydrogen-bond donors (Lipinski definition) is 0. The average Bonchev–Trinajstić information content (AvgIpc) is 2.68. The van der Waals surface area contributed by atoms with Crippen molar-refractivity contribution in [3.05, 3.63) is 48.0 Å². The number of alkyl halides is 1. The van der Waals surface area contributed by atoms with E-state index in [0.29, 0.717) is 6.61 Å².